The van der Waals surface area contributed by atoms with Crippen molar-refractivity contribution in [1.82, 2.24) is 9.80 Å². The van der Waals surface area contributed by atoms with Crippen LogP contribution in [0.1, 0.15) is 37.3 Å². The van der Waals surface area contributed by atoms with Crippen molar-refractivity contribution in [2.75, 3.05) is 38.7 Å². The molecule has 0 N–H and O–H groups in total. The van der Waals surface area contributed by atoms with Crippen molar-refractivity contribution < 1.29 is 26.4 Å². The van der Waals surface area contributed by atoms with Crippen LogP contribution in [-0.2, 0) is 27.4 Å². The van der Waals surface area contributed by atoms with Crippen LogP contribution in [0.2, 0.25) is 0 Å². The highest BCUT2D eigenvalue weighted by Gasteiger charge is 2.30. The molecule has 0 atom stereocenters. The molecule has 9 heteroatoms. The van der Waals surface area contributed by atoms with E-state index in [1.807, 2.05) is 11.8 Å². The SMILES string of the molecule is CCCCCS(=O)(=O)CC(=O)N(CCN(C)C)Cc1cccc(C(F)(F)F)c1. The third kappa shape index (κ3) is 9.05. The van der Waals surface area contributed by atoms with Gasteiger partial charge in [-0.05, 0) is 38.2 Å². The summed E-state index contributed by atoms with van der Waals surface area (Å²) in [5, 5.41) is 0. The lowest BCUT2D eigenvalue weighted by Crippen LogP contribution is -2.39. The number of benzene rings is 1. The molecular weight excluding hydrogens is 393 g/mol. The molecule has 0 spiro atoms. The van der Waals surface area contributed by atoms with Gasteiger partial charge in [-0.15, -0.1) is 0 Å². The number of alkyl halides is 3. The topological polar surface area (TPSA) is 57.7 Å². The van der Waals surface area contributed by atoms with Gasteiger partial charge in [0.05, 0.1) is 11.3 Å². The summed E-state index contributed by atoms with van der Waals surface area (Å²) in [4.78, 5) is 15.7. The fourth-order valence-corrected chi connectivity index (χ4v) is 3.95. The maximum atomic E-state index is 12.9. The van der Waals surface area contributed by atoms with Crippen LogP contribution in [0.3, 0.4) is 0 Å². The predicted molar refractivity (Wildman–Crippen MR) is 104 cm³/mol. The molecule has 160 valence electrons. The molecule has 0 saturated heterocycles. The highest BCUT2D eigenvalue weighted by atomic mass is 32.2. The van der Waals surface area contributed by atoms with Gasteiger partial charge in [-0.2, -0.15) is 13.2 Å². The van der Waals surface area contributed by atoms with E-state index < -0.39 is 33.2 Å². The Morgan fingerprint density at radius 2 is 1.79 bits per heavy atom. The molecule has 0 aliphatic heterocycles. The number of hydrogen-bond acceptors (Lipinski definition) is 4. The molecule has 0 aliphatic carbocycles. The van der Waals surface area contributed by atoms with E-state index in [1.54, 1.807) is 14.1 Å². The normalized spacial score (nSPS) is 12.4. The van der Waals surface area contributed by atoms with Crippen molar-refractivity contribution in [3.63, 3.8) is 0 Å². The van der Waals surface area contributed by atoms with Gasteiger partial charge in [-0.25, -0.2) is 8.42 Å². The smallest absolute Gasteiger partial charge is 0.336 e. The van der Waals surface area contributed by atoms with Gasteiger partial charge < -0.3 is 9.80 Å². The van der Waals surface area contributed by atoms with Crippen LogP contribution in [0.15, 0.2) is 24.3 Å². The summed E-state index contributed by atoms with van der Waals surface area (Å²) in [6, 6.07) is 4.74. The van der Waals surface area contributed by atoms with Gasteiger partial charge in [0, 0.05) is 19.6 Å². The number of rotatable bonds is 11. The maximum Gasteiger partial charge on any atom is 0.416 e. The molecule has 0 fully saturated rings. The van der Waals surface area contributed by atoms with Crippen LogP contribution in [0.25, 0.3) is 0 Å². The highest BCUT2D eigenvalue weighted by Crippen LogP contribution is 2.29. The van der Waals surface area contributed by atoms with Crippen molar-refractivity contribution in [2.45, 2.75) is 38.9 Å². The Bertz CT molecular complexity index is 734. The van der Waals surface area contributed by atoms with Gasteiger partial charge in [0.25, 0.3) is 0 Å². The fourth-order valence-electron chi connectivity index (χ4n) is 2.60. The molecule has 0 heterocycles. The average Bonchev–Trinajstić information content (AvgIpc) is 2.57. The Hall–Kier alpha value is -1.61. The van der Waals surface area contributed by atoms with Gasteiger partial charge in [0.2, 0.25) is 5.91 Å². The molecule has 0 bridgehead atoms. The Morgan fingerprint density at radius 3 is 2.36 bits per heavy atom. The van der Waals surface area contributed by atoms with Crippen LogP contribution in [0, 0.1) is 0 Å². The maximum absolute atomic E-state index is 12.9. The monoisotopic (exact) mass is 422 g/mol. The molecule has 0 aromatic heterocycles. The summed E-state index contributed by atoms with van der Waals surface area (Å²) in [7, 11) is 0.0549. The van der Waals surface area contributed by atoms with E-state index in [9.17, 15) is 26.4 Å². The Labute approximate surface area is 165 Å². The fraction of sp³-hybridized carbons (Fsp3) is 0.632. The molecular formula is C19H29F3N2O3S. The number of halogens is 3. The number of nitrogens with zero attached hydrogens (tertiary/aromatic N) is 2. The Kier molecular flexibility index (Phi) is 9.43. The second-order valence-corrected chi connectivity index (χ2v) is 9.30. The lowest BCUT2D eigenvalue weighted by molar-refractivity contribution is -0.137. The number of likely N-dealkylation sites (N-methyl/N-ethyl adjacent to an activating group) is 1. The standard InChI is InChI=1S/C19H29F3N2O3S/c1-4-5-6-12-28(26,27)15-18(25)24(11-10-23(2)3)14-16-8-7-9-17(13-16)19(20,21)22/h7-9,13H,4-6,10-12,14-15H2,1-3H3. The zero-order valence-electron chi connectivity index (χ0n) is 16.6. The summed E-state index contributed by atoms with van der Waals surface area (Å²) in [5.41, 5.74) is -0.484. The third-order valence-corrected chi connectivity index (χ3v) is 5.80. The van der Waals surface area contributed by atoms with E-state index >= 15 is 0 Å². The quantitative estimate of drug-likeness (QED) is 0.514. The molecule has 28 heavy (non-hydrogen) atoms. The van der Waals surface area contributed by atoms with Crippen molar-refractivity contribution in [3.05, 3.63) is 35.4 Å². The molecule has 1 rings (SSSR count). The average molecular weight is 423 g/mol. The lowest BCUT2D eigenvalue weighted by atomic mass is 10.1. The van der Waals surface area contributed by atoms with Crippen molar-refractivity contribution in [1.29, 1.82) is 0 Å². The van der Waals surface area contributed by atoms with E-state index in [-0.39, 0.29) is 18.8 Å². The summed E-state index contributed by atoms with van der Waals surface area (Å²) in [6.07, 6.45) is -2.34. The van der Waals surface area contributed by atoms with Crippen molar-refractivity contribution in [2.24, 2.45) is 0 Å². The van der Waals surface area contributed by atoms with Crippen LogP contribution in [-0.4, -0.2) is 62.8 Å². The Morgan fingerprint density at radius 1 is 1.11 bits per heavy atom. The van der Waals surface area contributed by atoms with E-state index in [0.29, 0.717) is 18.5 Å². The first-order chi connectivity index (χ1) is 12.9. The predicted octanol–water partition coefficient (Wildman–Crippen LogP) is 3.20. The molecule has 0 unspecified atom stereocenters. The molecule has 1 amide bonds. The van der Waals surface area contributed by atoms with Crippen LogP contribution >= 0.6 is 0 Å². The number of amides is 1. The minimum Gasteiger partial charge on any atom is -0.336 e. The minimum absolute atomic E-state index is 0.0579. The first-order valence-electron chi connectivity index (χ1n) is 9.23. The van der Waals surface area contributed by atoms with E-state index in [2.05, 4.69) is 0 Å². The van der Waals surface area contributed by atoms with Gasteiger partial charge in [-0.3, -0.25) is 4.79 Å². The van der Waals surface area contributed by atoms with E-state index in [1.165, 1.54) is 17.0 Å². The third-order valence-electron chi connectivity index (χ3n) is 4.20. The first-order valence-corrected chi connectivity index (χ1v) is 11.1. The number of carbonyl (C=O) groups excluding carboxylic acids is 1. The van der Waals surface area contributed by atoms with Crippen molar-refractivity contribution in [3.8, 4) is 0 Å². The number of carbonyl (C=O) groups is 1. The van der Waals surface area contributed by atoms with E-state index in [0.717, 1.165) is 25.0 Å². The zero-order valence-corrected chi connectivity index (χ0v) is 17.4. The molecule has 0 aliphatic rings. The second-order valence-electron chi connectivity index (χ2n) is 7.12. The summed E-state index contributed by atoms with van der Waals surface area (Å²) < 4.78 is 63.1. The summed E-state index contributed by atoms with van der Waals surface area (Å²) in [5.74, 6) is -1.27. The molecule has 1 aromatic carbocycles. The largest absolute Gasteiger partial charge is 0.416 e. The molecule has 1 aromatic rings. The van der Waals surface area contributed by atoms with Gasteiger partial charge in [0.15, 0.2) is 9.84 Å². The first kappa shape index (κ1) is 24.4. The minimum atomic E-state index is -4.48. The molecule has 0 saturated carbocycles. The van der Waals surface area contributed by atoms with Gasteiger partial charge in [0.1, 0.15) is 5.75 Å². The summed E-state index contributed by atoms with van der Waals surface area (Å²) >= 11 is 0. The summed E-state index contributed by atoms with van der Waals surface area (Å²) in [6.45, 7) is 2.59. The highest BCUT2D eigenvalue weighted by molar-refractivity contribution is 7.92. The van der Waals surface area contributed by atoms with Crippen molar-refractivity contribution >= 4 is 15.7 Å². The molecule has 0 radical (unpaired) electrons. The zero-order chi connectivity index (χ0) is 21.4. The van der Waals surface area contributed by atoms with E-state index in [4.69, 9.17) is 0 Å². The van der Waals surface area contributed by atoms with Crippen LogP contribution in [0.4, 0.5) is 13.2 Å². The lowest BCUT2D eigenvalue weighted by Gasteiger charge is -2.25. The Balaban J connectivity index is 2.92. The number of hydrogen-bond donors (Lipinski definition) is 0. The second kappa shape index (κ2) is 10.8. The van der Waals surface area contributed by atoms with Crippen LogP contribution < -0.4 is 0 Å². The number of sulfone groups is 1. The van der Waals surface area contributed by atoms with Crippen LogP contribution in [0.5, 0.6) is 0 Å². The van der Waals surface area contributed by atoms with Gasteiger partial charge >= 0.3 is 6.18 Å². The van der Waals surface area contributed by atoms with Gasteiger partial charge in [-0.1, -0.05) is 31.9 Å². The molecule has 5 nitrogen and oxygen atoms in total. The number of unbranched alkanes of at least 4 members (excludes halogenated alkanes) is 2.